The predicted octanol–water partition coefficient (Wildman–Crippen LogP) is 5.40. The number of hydrogen-bond acceptors (Lipinski definition) is 5. The Kier molecular flexibility index (Phi) is 10.7. The lowest BCUT2D eigenvalue weighted by Crippen LogP contribution is -2.44. The second-order valence-corrected chi connectivity index (χ2v) is 10.4. The molecule has 0 bridgehead atoms. The first kappa shape index (κ1) is 29.2. The number of nitrogens with one attached hydrogen (secondary N) is 1. The zero-order chi connectivity index (χ0) is 27.7. The number of likely N-dealkylation sites (tertiary alicyclic amines) is 1. The molecule has 0 spiro atoms. The van der Waals surface area contributed by atoms with Crippen LogP contribution in [0.25, 0.3) is 11.1 Å². The van der Waals surface area contributed by atoms with Crippen LogP contribution in [0.4, 0.5) is 10.5 Å². The number of anilines is 1. The average molecular weight is 524 g/mol. The molecule has 1 fully saturated rings. The first-order valence-corrected chi connectivity index (χ1v) is 13.5. The van der Waals surface area contributed by atoms with Crippen LogP contribution in [-0.2, 0) is 20.9 Å². The highest BCUT2D eigenvalue weighted by atomic mass is 16.6. The van der Waals surface area contributed by atoms with Crippen LogP contribution in [0, 0.1) is 0 Å². The van der Waals surface area contributed by atoms with Crippen LogP contribution in [-0.4, -0.2) is 60.3 Å². The number of hydrogen-bond donors (Lipinski definition) is 2. The Hall–Kier alpha value is -3.39. The molecule has 206 valence electrons. The van der Waals surface area contributed by atoms with E-state index in [1.165, 1.54) is 37.9 Å². The van der Waals surface area contributed by atoms with Crippen LogP contribution >= 0.6 is 0 Å². The van der Waals surface area contributed by atoms with Crippen molar-refractivity contribution in [3.63, 3.8) is 0 Å². The second kappa shape index (κ2) is 14.0. The largest absolute Gasteiger partial charge is 0.483 e. The van der Waals surface area contributed by atoms with E-state index in [1.54, 1.807) is 6.92 Å². The van der Waals surface area contributed by atoms with Crippen molar-refractivity contribution in [2.45, 2.75) is 78.0 Å². The number of carboxylic acid groups (broad SMARTS) is 1. The molecule has 0 radical (unpaired) electrons. The predicted molar refractivity (Wildman–Crippen MR) is 149 cm³/mol. The van der Waals surface area contributed by atoms with Gasteiger partial charge in [-0.3, -0.25) is 14.5 Å². The fourth-order valence-electron chi connectivity index (χ4n) is 5.48. The number of alkyl carbamates (subject to hydrolysis) is 1. The zero-order valence-corrected chi connectivity index (χ0v) is 23.0. The standard InChI is InChI=1S/C29H39N3O3.CH2O2/c1-20(2)35-29(34)30-18-26-16-21(3)32(22(4)33)28-13-12-25(17-27(26)28)24-10-8-23(9-11-24)19-31-14-6-5-7-15-31;2-1-3/h8-13,17,20-21,26H,5-7,14-16,18-19H2,1-4H3,(H,30,34);1H,(H,2,3)/t21-,26-;/m0./s1. The van der Waals surface area contributed by atoms with E-state index < -0.39 is 6.09 Å². The summed E-state index contributed by atoms with van der Waals surface area (Å²) in [6, 6.07) is 15.3. The molecule has 0 aromatic heterocycles. The molecular formula is C30H41N3O5. The molecule has 1 saturated heterocycles. The minimum Gasteiger partial charge on any atom is -0.483 e. The SMILES string of the molecule is CC(=O)N1c2ccc(-c3ccc(CN4CCCCC4)cc3)cc2[C@H](CNC(=O)OC(C)C)C[C@@H]1C.O=CO. The van der Waals surface area contributed by atoms with Crippen molar-refractivity contribution in [1.29, 1.82) is 0 Å². The number of carbonyl (C=O) groups excluding carboxylic acids is 2. The summed E-state index contributed by atoms with van der Waals surface area (Å²) >= 11 is 0. The van der Waals surface area contributed by atoms with Crippen molar-refractivity contribution in [2.24, 2.45) is 0 Å². The monoisotopic (exact) mass is 523 g/mol. The lowest BCUT2D eigenvalue weighted by atomic mass is 9.84. The number of piperidine rings is 1. The summed E-state index contributed by atoms with van der Waals surface area (Å²) in [5.41, 5.74) is 5.66. The summed E-state index contributed by atoms with van der Waals surface area (Å²) in [5.74, 6) is 0.146. The van der Waals surface area contributed by atoms with Crippen LogP contribution in [0.5, 0.6) is 0 Å². The molecular weight excluding hydrogens is 482 g/mol. The Morgan fingerprint density at radius 3 is 2.32 bits per heavy atom. The van der Waals surface area contributed by atoms with Gasteiger partial charge in [-0.05, 0) is 87.5 Å². The molecule has 0 saturated carbocycles. The topological polar surface area (TPSA) is 99.2 Å². The normalized spacial score (nSPS) is 19.1. The highest BCUT2D eigenvalue weighted by molar-refractivity contribution is 5.94. The molecule has 4 rings (SSSR count). The van der Waals surface area contributed by atoms with Crippen molar-refractivity contribution >= 4 is 24.2 Å². The molecule has 0 unspecified atom stereocenters. The molecule has 2 aliphatic heterocycles. The highest BCUT2D eigenvalue weighted by Crippen LogP contribution is 2.40. The van der Waals surface area contributed by atoms with Crippen molar-refractivity contribution < 1.29 is 24.2 Å². The minimum absolute atomic E-state index is 0.0409. The van der Waals surface area contributed by atoms with Crippen LogP contribution in [0.3, 0.4) is 0 Å². The number of ether oxygens (including phenoxy) is 1. The Morgan fingerprint density at radius 1 is 1.08 bits per heavy atom. The first-order chi connectivity index (χ1) is 18.2. The number of rotatable bonds is 6. The number of benzene rings is 2. The molecule has 2 amide bonds. The van der Waals surface area contributed by atoms with Gasteiger partial charge in [0.05, 0.1) is 6.10 Å². The van der Waals surface area contributed by atoms with Crippen molar-refractivity contribution in [1.82, 2.24) is 10.2 Å². The summed E-state index contributed by atoms with van der Waals surface area (Å²) in [6.45, 7) is 11.0. The molecule has 2 heterocycles. The summed E-state index contributed by atoms with van der Waals surface area (Å²) in [7, 11) is 0. The summed E-state index contributed by atoms with van der Waals surface area (Å²) < 4.78 is 5.26. The van der Waals surface area contributed by atoms with Gasteiger partial charge in [0.15, 0.2) is 0 Å². The minimum atomic E-state index is -0.399. The van der Waals surface area contributed by atoms with E-state index >= 15 is 0 Å². The lowest BCUT2D eigenvalue weighted by molar-refractivity contribution is -0.123. The van der Waals surface area contributed by atoms with E-state index in [-0.39, 0.29) is 30.4 Å². The van der Waals surface area contributed by atoms with Crippen LogP contribution in [0.15, 0.2) is 42.5 Å². The van der Waals surface area contributed by atoms with Crippen LogP contribution in [0.2, 0.25) is 0 Å². The number of fused-ring (bicyclic) bond motifs is 1. The Labute approximate surface area is 226 Å². The van der Waals surface area contributed by atoms with E-state index in [9.17, 15) is 9.59 Å². The molecule has 0 aliphatic carbocycles. The quantitative estimate of drug-likeness (QED) is 0.492. The van der Waals surface area contributed by atoms with Crippen LogP contribution < -0.4 is 10.2 Å². The van der Waals surface area contributed by atoms with E-state index in [1.807, 2.05) is 18.7 Å². The summed E-state index contributed by atoms with van der Waals surface area (Å²) in [6.07, 6.45) is 4.17. The Bertz CT molecular complexity index is 1080. The van der Waals surface area contributed by atoms with Gasteiger partial charge < -0.3 is 20.1 Å². The first-order valence-electron chi connectivity index (χ1n) is 13.5. The zero-order valence-electron chi connectivity index (χ0n) is 23.0. The third-order valence-electron chi connectivity index (χ3n) is 7.11. The van der Waals surface area contributed by atoms with E-state index in [0.717, 1.165) is 35.3 Å². The molecule has 8 nitrogen and oxygen atoms in total. The summed E-state index contributed by atoms with van der Waals surface area (Å²) in [5, 5.41) is 9.81. The van der Waals surface area contributed by atoms with Gasteiger partial charge >= 0.3 is 6.09 Å². The molecule has 2 aliphatic rings. The van der Waals surface area contributed by atoms with E-state index in [0.29, 0.717) is 6.54 Å². The number of amides is 2. The Morgan fingerprint density at radius 2 is 1.71 bits per heavy atom. The smallest absolute Gasteiger partial charge is 0.407 e. The van der Waals surface area contributed by atoms with Crippen molar-refractivity contribution in [3.8, 4) is 11.1 Å². The molecule has 38 heavy (non-hydrogen) atoms. The number of carbonyl (C=O) groups is 3. The average Bonchev–Trinajstić information content (AvgIpc) is 2.88. The van der Waals surface area contributed by atoms with Crippen molar-refractivity contribution in [3.05, 3.63) is 53.6 Å². The third kappa shape index (κ3) is 7.81. The van der Waals surface area contributed by atoms with Gasteiger partial charge in [-0.25, -0.2) is 4.79 Å². The number of nitrogens with zero attached hydrogens (tertiary/aromatic N) is 2. The van der Waals surface area contributed by atoms with Gasteiger partial charge in [-0.1, -0.05) is 36.8 Å². The van der Waals surface area contributed by atoms with E-state index in [2.05, 4.69) is 59.6 Å². The van der Waals surface area contributed by atoms with Gasteiger partial charge in [0.2, 0.25) is 5.91 Å². The van der Waals surface area contributed by atoms with Gasteiger partial charge in [0.25, 0.3) is 6.47 Å². The fourth-order valence-corrected chi connectivity index (χ4v) is 5.48. The third-order valence-corrected chi connectivity index (χ3v) is 7.11. The van der Waals surface area contributed by atoms with Gasteiger partial charge in [0.1, 0.15) is 0 Å². The molecule has 2 aromatic rings. The maximum Gasteiger partial charge on any atom is 0.407 e. The van der Waals surface area contributed by atoms with Gasteiger partial charge in [-0.2, -0.15) is 0 Å². The molecule has 8 heteroatoms. The summed E-state index contributed by atoms with van der Waals surface area (Å²) in [4.78, 5) is 37.4. The van der Waals surface area contributed by atoms with E-state index in [4.69, 9.17) is 14.6 Å². The molecule has 2 aromatic carbocycles. The molecule has 2 atom stereocenters. The highest BCUT2D eigenvalue weighted by Gasteiger charge is 2.33. The van der Waals surface area contributed by atoms with Crippen molar-refractivity contribution in [2.75, 3.05) is 24.5 Å². The molecule has 2 N–H and O–H groups in total. The van der Waals surface area contributed by atoms with Gasteiger partial charge in [-0.15, -0.1) is 0 Å². The Balaban J connectivity index is 0.00000127. The fraction of sp³-hybridized carbons (Fsp3) is 0.500. The maximum absolute atomic E-state index is 12.5. The maximum atomic E-state index is 12.5. The van der Waals surface area contributed by atoms with Gasteiger partial charge in [0, 0.05) is 37.7 Å². The van der Waals surface area contributed by atoms with Crippen LogP contribution in [0.1, 0.15) is 70.4 Å². The second-order valence-electron chi connectivity index (χ2n) is 10.4. The lowest BCUT2D eigenvalue weighted by Gasteiger charge is -2.39.